The third kappa shape index (κ3) is 4.78. The highest BCUT2D eigenvalue weighted by Gasteiger charge is 2.19. The maximum absolute atomic E-state index is 12.3. The second kappa shape index (κ2) is 8.86. The minimum atomic E-state index is -0.201. The van der Waals surface area contributed by atoms with E-state index in [4.69, 9.17) is 5.11 Å². The minimum absolute atomic E-state index is 0.0558. The van der Waals surface area contributed by atoms with Crippen LogP contribution in [0.15, 0.2) is 41.8 Å². The topological polar surface area (TPSA) is 52.6 Å². The molecular weight excluding hydrogens is 296 g/mol. The zero-order valence-electron chi connectivity index (χ0n) is 12.8. The van der Waals surface area contributed by atoms with E-state index in [2.05, 4.69) is 18.0 Å². The van der Waals surface area contributed by atoms with Crippen molar-refractivity contribution in [1.82, 2.24) is 4.90 Å². The molecule has 120 valence electrons. The number of aliphatic hydroxyl groups excluding tert-OH is 1. The molecule has 4 nitrogen and oxygen atoms in total. The molecule has 0 heterocycles. The van der Waals surface area contributed by atoms with Crippen LogP contribution in [-0.2, 0) is 0 Å². The highest BCUT2D eigenvalue weighted by Crippen LogP contribution is 2.38. The molecular formula is C17H24N2O2S. The summed E-state index contributed by atoms with van der Waals surface area (Å²) >= 11 is 1.86. The lowest BCUT2D eigenvalue weighted by atomic mass is 10.3. The summed E-state index contributed by atoms with van der Waals surface area (Å²) in [5.74, 6) is 0. The van der Waals surface area contributed by atoms with E-state index in [0.29, 0.717) is 18.3 Å². The van der Waals surface area contributed by atoms with Gasteiger partial charge in [0.2, 0.25) is 0 Å². The fraction of sp³-hybridized carbons (Fsp3) is 0.471. The van der Waals surface area contributed by atoms with Crippen LogP contribution < -0.4 is 5.32 Å². The number of nitrogens with zero attached hydrogens (tertiary/aromatic N) is 1. The molecule has 0 bridgehead atoms. The van der Waals surface area contributed by atoms with E-state index in [-0.39, 0.29) is 12.6 Å². The molecule has 0 aromatic heterocycles. The SMILES string of the molecule is C=CCN(CCO)C(=O)Nc1ccccc1SC1CCCC1. The van der Waals surface area contributed by atoms with Gasteiger partial charge in [0.15, 0.2) is 0 Å². The summed E-state index contributed by atoms with van der Waals surface area (Å²) in [5, 5.41) is 12.7. The van der Waals surface area contributed by atoms with Crippen LogP contribution in [0.2, 0.25) is 0 Å². The average Bonchev–Trinajstić information content (AvgIpc) is 3.02. The Hall–Kier alpha value is -1.46. The highest BCUT2D eigenvalue weighted by atomic mass is 32.2. The molecule has 0 unspecified atom stereocenters. The largest absolute Gasteiger partial charge is 0.395 e. The molecule has 1 saturated carbocycles. The van der Waals surface area contributed by atoms with Gasteiger partial charge < -0.3 is 15.3 Å². The average molecular weight is 320 g/mol. The van der Waals surface area contributed by atoms with Gasteiger partial charge in [0.1, 0.15) is 0 Å². The van der Waals surface area contributed by atoms with Crippen LogP contribution in [0.1, 0.15) is 25.7 Å². The summed E-state index contributed by atoms with van der Waals surface area (Å²) in [6.45, 7) is 4.32. The first kappa shape index (κ1) is 16.9. The number of rotatable bonds is 7. The van der Waals surface area contributed by atoms with Gasteiger partial charge in [-0.15, -0.1) is 18.3 Å². The number of carbonyl (C=O) groups excluding carboxylic acids is 1. The summed E-state index contributed by atoms with van der Waals surface area (Å²) < 4.78 is 0. The number of benzene rings is 1. The molecule has 0 aliphatic heterocycles. The van der Waals surface area contributed by atoms with E-state index in [0.717, 1.165) is 10.6 Å². The van der Waals surface area contributed by atoms with Gasteiger partial charge in [-0.2, -0.15) is 0 Å². The van der Waals surface area contributed by atoms with Gasteiger partial charge >= 0.3 is 6.03 Å². The van der Waals surface area contributed by atoms with Gasteiger partial charge in [0, 0.05) is 23.2 Å². The molecule has 0 radical (unpaired) electrons. The lowest BCUT2D eigenvalue weighted by Gasteiger charge is -2.22. The van der Waals surface area contributed by atoms with Gasteiger partial charge in [-0.25, -0.2) is 4.79 Å². The lowest BCUT2D eigenvalue weighted by Crippen LogP contribution is -2.37. The van der Waals surface area contributed by atoms with Crippen molar-refractivity contribution in [2.45, 2.75) is 35.8 Å². The molecule has 1 aliphatic carbocycles. The normalized spacial score (nSPS) is 14.8. The standard InChI is InChI=1S/C17H24N2O2S/c1-2-11-19(12-13-20)17(21)18-15-9-5-6-10-16(15)22-14-7-3-4-8-14/h2,5-6,9-10,14,20H,1,3-4,7-8,11-13H2,(H,18,21). The molecule has 0 saturated heterocycles. The van der Waals surface area contributed by atoms with Crippen molar-refractivity contribution in [2.24, 2.45) is 0 Å². The number of thioether (sulfide) groups is 1. The van der Waals surface area contributed by atoms with Crippen LogP contribution in [0.3, 0.4) is 0 Å². The number of anilines is 1. The lowest BCUT2D eigenvalue weighted by molar-refractivity contribution is 0.195. The third-order valence-corrected chi connectivity index (χ3v) is 5.15. The molecule has 22 heavy (non-hydrogen) atoms. The number of aliphatic hydroxyl groups is 1. The zero-order valence-corrected chi connectivity index (χ0v) is 13.6. The smallest absolute Gasteiger partial charge is 0.322 e. The monoisotopic (exact) mass is 320 g/mol. The summed E-state index contributed by atoms with van der Waals surface area (Å²) in [4.78, 5) is 15.0. The quantitative estimate of drug-likeness (QED) is 0.753. The molecule has 1 aromatic carbocycles. The fourth-order valence-electron chi connectivity index (χ4n) is 2.60. The summed E-state index contributed by atoms with van der Waals surface area (Å²) in [6.07, 6.45) is 6.76. The number of hydrogen-bond donors (Lipinski definition) is 2. The van der Waals surface area contributed by atoms with Gasteiger partial charge in [-0.05, 0) is 25.0 Å². The molecule has 1 fully saturated rings. The molecule has 1 aliphatic rings. The second-order valence-corrected chi connectivity index (χ2v) is 6.75. The number of para-hydroxylation sites is 1. The Morgan fingerprint density at radius 2 is 2.14 bits per heavy atom. The van der Waals surface area contributed by atoms with Gasteiger partial charge in [0.05, 0.1) is 12.3 Å². The Kier molecular flexibility index (Phi) is 6.80. The molecule has 2 amide bonds. The number of carbonyl (C=O) groups is 1. The van der Waals surface area contributed by atoms with Crippen LogP contribution in [-0.4, -0.2) is 41.0 Å². The van der Waals surface area contributed by atoms with Crippen molar-refractivity contribution in [1.29, 1.82) is 0 Å². The molecule has 2 rings (SSSR count). The van der Waals surface area contributed by atoms with E-state index in [1.807, 2.05) is 30.0 Å². The summed E-state index contributed by atoms with van der Waals surface area (Å²) in [7, 11) is 0. The van der Waals surface area contributed by atoms with Gasteiger partial charge in [0.25, 0.3) is 0 Å². The van der Waals surface area contributed by atoms with Crippen LogP contribution >= 0.6 is 11.8 Å². The van der Waals surface area contributed by atoms with Crippen molar-refractivity contribution in [3.63, 3.8) is 0 Å². The fourth-order valence-corrected chi connectivity index (χ4v) is 3.94. The minimum Gasteiger partial charge on any atom is -0.395 e. The third-order valence-electron chi connectivity index (χ3n) is 3.73. The van der Waals surface area contributed by atoms with Crippen LogP contribution in [0.25, 0.3) is 0 Å². The summed E-state index contributed by atoms with van der Waals surface area (Å²) in [6, 6.07) is 7.72. The number of nitrogens with one attached hydrogen (secondary N) is 1. The first-order valence-electron chi connectivity index (χ1n) is 7.78. The first-order valence-corrected chi connectivity index (χ1v) is 8.66. The number of hydrogen-bond acceptors (Lipinski definition) is 3. The van der Waals surface area contributed by atoms with Crippen molar-refractivity contribution in [2.75, 3.05) is 25.0 Å². The molecule has 0 spiro atoms. The predicted molar refractivity (Wildman–Crippen MR) is 92.4 cm³/mol. The van der Waals surface area contributed by atoms with Crippen LogP contribution in [0.5, 0.6) is 0 Å². The van der Waals surface area contributed by atoms with E-state index in [9.17, 15) is 4.79 Å². The van der Waals surface area contributed by atoms with Gasteiger partial charge in [-0.1, -0.05) is 31.1 Å². The zero-order chi connectivity index (χ0) is 15.8. The maximum Gasteiger partial charge on any atom is 0.322 e. The number of amides is 2. The van der Waals surface area contributed by atoms with Crippen LogP contribution in [0, 0.1) is 0 Å². The van der Waals surface area contributed by atoms with Crippen molar-refractivity contribution in [3.05, 3.63) is 36.9 Å². The van der Waals surface area contributed by atoms with Crippen molar-refractivity contribution in [3.8, 4) is 0 Å². The number of urea groups is 1. The first-order chi connectivity index (χ1) is 10.7. The highest BCUT2D eigenvalue weighted by molar-refractivity contribution is 8.00. The van der Waals surface area contributed by atoms with E-state index < -0.39 is 0 Å². The molecule has 5 heteroatoms. The van der Waals surface area contributed by atoms with Crippen molar-refractivity contribution < 1.29 is 9.90 Å². The predicted octanol–water partition coefficient (Wildman–Crippen LogP) is 3.73. The van der Waals surface area contributed by atoms with E-state index in [1.54, 1.807) is 11.0 Å². The summed E-state index contributed by atoms with van der Waals surface area (Å²) in [5.41, 5.74) is 0.844. The maximum atomic E-state index is 12.3. The molecule has 1 aromatic rings. The van der Waals surface area contributed by atoms with Crippen LogP contribution in [0.4, 0.5) is 10.5 Å². The Labute approximate surface area is 136 Å². The van der Waals surface area contributed by atoms with E-state index in [1.165, 1.54) is 25.7 Å². The van der Waals surface area contributed by atoms with Crippen molar-refractivity contribution >= 4 is 23.5 Å². The Morgan fingerprint density at radius 3 is 2.82 bits per heavy atom. The Balaban J connectivity index is 2.04. The second-order valence-electron chi connectivity index (χ2n) is 5.41. The van der Waals surface area contributed by atoms with E-state index >= 15 is 0 Å². The van der Waals surface area contributed by atoms with Gasteiger partial charge in [-0.3, -0.25) is 0 Å². The molecule has 2 N–H and O–H groups in total. The molecule has 0 atom stereocenters. The Morgan fingerprint density at radius 1 is 1.41 bits per heavy atom. The Bertz CT molecular complexity index is 501.